The quantitative estimate of drug-likeness (QED) is 0.918. The Kier molecular flexibility index (Phi) is 5.11. The van der Waals surface area contributed by atoms with E-state index in [4.69, 9.17) is 27.9 Å². The molecule has 2 aliphatic rings. The summed E-state index contributed by atoms with van der Waals surface area (Å²) in [5.41, 5.74) is 0. The van der Waals surface area contributed by atoms with E-state index in [9.17, 15) is 4.79 Å². The Morgan fingerprint density at radius 2 is 1.95 bits per heavy atom. The molecular weight excluding hydrogens is 323 g/mol. The summed E-state index contributed by atoms with van der Waals surface area (Å²) in [5.74, 6) is 1.15. The third-order valence-electron chi connectivity index (χ3n) is 4.34. The zero-order valence-electron chi connectivity index (χ0n) is 12.4. The first-order valence-corrected chi connectivity index (χ1v) is 8.50. The molecule has 0 bridgehead atoms. The molecule has 0 saturated carbocycles. The summed E-state index contributed by atoms with van der Waals surface area (Å²) in [7, 11) is 0. The first kappa shape index (κ1) is 15.9. The van der Waals surface area contributed by atoms with Gasteiger partial charge in [0, 0.05) is 24.9 Å². The van der Waals surface area contributed by atoms with Crippen molar-refractivity contribution in [1.82, 2.24) is 10.2 Å². The minimum atomic E-state index is 0.0305. The van der Waals surface area contributed by atoms with Crippen LogP contribution in [-0.2, 0) is 4.79 Å². The van der Waals surface area contributed by atoms with Crippen molar-refractivity contribution in [3.8, 4) is 5.75 Å². The molecule has 0 spiro atoms. The van der Waals surface area contributed by atoms with E-state index in [0.717, 1.165) is 38.9 Å². The summed E-state index contributed by atoms with van der Waals surface area (Å²) < 4.78 is 5.93. The summed E-state index contributed by atoms with van der Waals surface area (Å²) in [5, 5.41) is 4.30. The van der Waals surface area contributed by atoms with Gasteiger partial charge in [-0.2, -0.15) is 0 Å². The van der Waals surface area contributed by atoms with Crippen LogP contribution in [0.1, 0.15) is 19.3 Å². The zero-order valence-corrected chi connectivity index (χ0v) is 13.9. The predicted octanol–water partition coefficient (Wildman–Crippen LogP) is 2.97. The van der Waals surface area contributed by atoms with E-state index in [-0.39, 0.29) is 17.9 Å². The number of nitrogens with zero attached hydrogens (tertiary/aromatic N) is 1. The molecule has 6 heteroatoms. The van der Waals surface area contributed by atoms with Crippen LogP contribution in [0.25, 0.3) is 0 Å². The fourth-order valence-corrected chi connectivity index (χ4v) is 3.38. The van der Waals surface area contributed by atoms with Crippen LogP contribution in [0.5, 0.6) is 5.75 Å². The number of carbonyl (C=O) groups is 1. The van der Waals surface area contributed by atoms with E-state index in [1.165, 1.54) is 0 Å². The zero-order chi connectivity index (χ0) is 15.5. The molecule has 0 aromatic heterocycles. The van der Waals surface area contributed by atoms with Crippen molar-refractivity contribution in [2.24, 2.45) is 5.92 Å². The molecule has 0 aliphatic carbocycles. The van der Waals surface area contributed by atoms with Crippen molar-refractivity contribution in [3.05, 3.63) is 28.2 Å². The topological polar surface area (TPSA) is 41.6 Å². The van der Waals surface area contributed by atoms with E-state index in [2.05, 4.69) is 5.32 Å². The second-order valence-corrected chi connectivity index (χ2v) is 6.73. The Balaban J connectivity index is 1.55. The third kappa shape index (κ3) is 3.67. The molecule has 4 nitrogen and oxygen atoms in total. The third-order valence-corrected chi connectivity index (χ3v) is 5.08. The van der Waals surface area contributed by atoms with E-state index < -0.39 is 0 Å². The smallest absolute Gasteiger partial charge is 0.225 e. The maximum absolute atomic E-state index is 12.5. The van der Waals surface area contributed by atoms with Crippen molar-refractivity contribution in [3.63, 3.8) is 0 Å². The van der Waals surface area contributed by atoms with Gasteiger partial charge in [0.25, 0.3) is 0 Å². The number of ether oxygens (including phenoxy) is 1. The Morgan fingerprint density at radius 1 is 1.18 bits per heavy atom. The van der Waals surface area contributed by atoms with Crippen molar-refractivity contribution in [2.45, 2.75) is 25.4 Å². The molecule has 1 unspecified atom stereocenters. The van der Waals surface area contributed by atoms with Gasteiger partial charge in [0.1, 0.15) is 11.9 Å². The lowest BCUT2D eigenvalue weighted by Gasteiger charge is -2.26. The summed E-state index contributed by atoms with van der Waals surface area (Å²) in [4.78, 5) is 14.4. The van der Waals surface area contributed by atoms with E-state index in [1.807, 2.05) is 11.0 Å². The normalized spacial score (nSPS) is 22.8. The second kappa shape index (κ2) is 7.07. The number of nitrogens with one attached hydrogen (secondary N) is 1. The van der Waals surface area contributed by atoms with Gasteiger partial charge in [0.15, 0.2) is 0 Å². The number of rotatable bonds is 3. The van der Waals surface area contributed by atoms with Crippen molar-refractivity contribution >= 4 is 29.1 Å². The Labute approximate surface area is 140 Å². The van der Waals surface area contributed by atoms with E-state index in [1.54, 1.807) is 12.1 Å². The first-order chi connectivity index (χ1) is 10.6. The number of piperidine rings is 1. The summed E-state index contributed by atoms with van der Waals surface area (Å²) >= 11 is 11.9. The van der Waals surface area contributed by atoms with Gasteiger partial charge < -0.3 is 15.0 Å². The summed E-state index contributed by atoms with van der Waals surface area (Å²) in [6.45, 7) is 3.30. The maximum Gasteiger partial charge on any atom is 0.225 e. The Hall–Kier alpha value is -0.970. The molecule has 2 saturated heterocycles. The number of hydrogen-bond donors (Lipinski definition) is 1. The lowest BCUT2D eigenvalue weighted by atomic mass is 9.97. The van der Waals surface area contributed by atoms with Crippen LogP contribution in [0.2, 0.25) is 10.0 Å². The molecule has 1 N–H and O–H groups in total. The van der Waals surface area contributed by atoms with E-state index in [0.29, 0.717) is 22.3 Å². The van der Waals surface area contributed by atoms with Crippen LogP contribution >= 0.6 is 23.2 Å². The van der Waals surface area contributed by atoms with Crippen molar-refractivity contribution in [2.75, 3.05) is 26.2 Å². The number of amides is 1. The first-order valence-electron chi connectivity index (χ1n) is 7.74. The highest BCUT2D eigenvalue weighted by molar-refractivity contribution is 6.42. The average molecular weight is 343 g/mol. The maximum atomic E-state index is 12.5. The van der Waals surface area contributed by atoms with Gasteiger partial charge in [-0.25, -0.2) is 0 Å². The predicted molar refractivity (Wildman–Crippen MR) is 87.7 cm³/mol. The lowest BCUT2D eigenvalue weighted by molar-refractivity contribution is -0.135. The SMILES string of the molecule is O=C(C1CCNCC1)N1CCC(Oc2ccc(Cl)c(Cl)c2)C1. The summed E-state index contributed by atoms with van der Waals surface area (Å²) in [6.07, 6.45) is 2.76. The van der Waals surface area contributed by atoms with Crippen LogP contribution in [-0.4, -0.2) is 43.1 Å². The highest BCUT2D eigenvalue weighted by atomic mass is 35.5. The number of benzene rings is 1. The highest BCUT2D eigenvalue weighted by Gasteiger charge is 2.32. The summed E-state index contributed by atoms with van der Waals surface area (Å²) in [6, 6.07) is 5.26. The molecule has 22 heavy (non-hydrogen) atoms. The van der Waals surface area contributed by atoms with Crippen molar-refractivity contribution < 1.29 is 9.53 Å². The molecule has 120 valence electrons. The fraction of sp³-hybridized carbons (Fsp3) is 0.562. The molecule has 2 heterocycles. The van der Waals surface area contributed by atoms with Gasteiger partial charge in [-0.3, -0.25) is 4.79 Å². The van der Waals surface area contributed by atoms with Crippen LogP contribution < -0.4 is 10.1 Å². The van der Waals surface area contributed by atoms with Crippen LogP contribution in [0.3, 0.4) is 0 Å². The number of carbonyl (C=O) groups excluding carboxylic acids is 1. The molecule has 3 rings (SSSR count). The van der Waals surface area contributed by atoms with Crippen molar-refractivity contribution in [1.29, 1.82) is 0 Å². The number of halogens is 2. The number of hydrogen-bond acceptors (Lipinski definition) is 3. The van der Waals surface area contributed by atoms with Gasteiger partial charge in [-0.15, -0.1) is 0 Å². The second-order valence-electron chi connectivity index (χ2n) is 5.91. The average Bonchev–Trinajstić information content (AvgIpc) is 2.99. The Bertz CT molecular complexity index is 547. The lowest BCUT2D eigenvalue weighted by Crippen LogP contribution is -2.40. The Morgan fingerprint density at radius 3 is 2.68 bits per heavy atom. The van der Waals surface area contributed by atoms with Crippen LogP contribution in [0.15, 0.2) is 18.2 Å². The molecule has 1 aromatic carbocycles. The molecular formula is C16H20Cl2N2O2. The molecule has 1 amide bonds. The molecule has 1 atom stereocenters. The highest BCUT2D eigenvalue weighted by Crippen LogP contribution is 2.28. The van der Waals surface area contributed by atoms with Gasteiger partial charge in [0.2, 0.25) is 5.91 Å². The minimum absolute atomic E-state index is 0.0305. The monoisotopic (exact) mass is 342 g/mol. The standard InChI is InChI=1S/C16H20Cl2N2O2/c17-14-2-1-12(9-15(14)18)22-13-5-8-20(10-13)16(21)11-3-6-19-7-4-11/h1-2,9,11,13,19H,3-8,10H2. The van der Waals surface area contributed by atoms with Gasteiger partial charge in [0.05, 0.1) is 16.6 Å². The molecule has 0 radical (unpaired) electrons. The molecule has 2 aliphatic heterocycles. The number of likely N-dealkylation sites (tertiary alicyclic amines) is 1. The van der Waals surface area contributed by atoms with E-state index >= 15 is 0 Å². The van der Waals surface area contributed by atoms with Gasteiger partial charge in [-0.05, 0) is 38.1 Å². The van der Waals surface area contributed by atoms with Crippen LogP contribution in [0, 0.1) is 5.92 Å². The van der Waals surface area contributed by atoms with Gasteiger partial charge in [-0.1, -0.05) is 23.2 Å². The minimum Gasteiger partial charge on any atom is -0.488 e. The fourth-order valence-electron chi connectivity index (χ4n) is 3.09. The molecule has 1 aromatic rings. The van der Waals surface area contributed by atoms with Crippen LogP contribution in [0.4, 0.5) is 0 Å². The van der Waals surface area contributed by atoms with Gasteiger partial charge >= 0.3 is 0 Å². The molecule has 2 fully saturated rings. The largest absolute Gasteiger partial charge is 0.488 e.